The Hall–Kier alpha value is -1.09. The highest BCUT2D eigenvalue weighted by Gasteiger charge is 2.26. The first kappa shape index (κ1) is 14.3. The van der Waals surface area contributed by atoms with Crippen LogP contribution in [0, 0.1) is 0 Å². The van der Waals surface area contributed by atoms with Crippen molar-refractivity contribution in [2.75, 3.05) is 32.1 Å². The van der Waals surface area contributed by atoms with Gasteiger partial charge in [-0.05, 0) is 38.4 Å². The monoisotopic (exact) mass is 261 g/mol. The molecule has 0 amide bonds. The summed E-state index contributed by atoms with van der Waals surface area (Å²) in [5, 5.41) is 0. The van der Waals surface area contributed by atoms with Crippen LogP contribution in [0.15, 0.2) is 18.3 Å². The minimum Gasteiger partial charge on any atom is -0.362 e. The molecule has 0 N–H and O–H groups in total. The molecular formula is C16H27N3. The molecule has 2 rings (SSSR count). The summed E-state index contributed by atoms with van der Waals surface area (Å²) < 4.78 is 0. The lowest BCUT2D eigenvalue weighted by molar-refractivity contribution is 0.147. The summed E-state index contributed by atoms with van der Waals surface area (Å²) in [4.78, 5) is 9.37. The number of anilines is 1. The van der Waals surface area contributed by atoms with Crippen molar-refractivity contribution in [2.45, 2.75) is 45.1 Å². The van der Waals surface area contributed by atoms with Gasteiger partial charge in [-0.25, -0.2) is 4.98 Å². The van der Waals surface area contributed by atoms with Crippen molar-refractivity contribution >= 4 is 5.82 Å². The molecule has 1 aromatic heterocycles. The van der Waals surface area contributed by atoms with Crippen LogP contribution in [0.2, 0.25) is 0 Å². The van der Waals surface area contributed by atoms with Crippen molar-refractivity contribution in [1.29, 1.82) is 0 Å². The maximum absolute atomic E-state index is 4.57. The number of aromatic nitrogens is 1. The van der Waals surface area contributed by atoms with Crippen LogP contribution in [0.4, 0.5) is 5.82 Å². The van der Waals surface area contributed by atoms with Crippen molar-refractivity contribution in [3.63, 3.8) is 0 Å². The van der Waals surface area contributed by atoms with E-state index < -0.39 is 0 Å². The zero-order valence-electron chi connectivity index (χ0n) is 12.6. The van der Waals surface area contributed by atoms with E-state index in [-0.39, 0.29) is 0 Å². The van der Waals surface area contributed by atoms with Crippen molar-refractivity contribution < 1.29 is 0 Å². The molecule has 1 atom stereocenters. The average Bonchev–Trinajstić information content (AvgIpc) is 2.45. The first-order valence-corrected chi connectivity index (χ1v) is 7.60. The van der Waals surface area contributed by atoms with Gasteiger partial charge in [-0.3, -0.25) is 4.90 Å². The molecule has 1 aliphatic rings. The lowest BCUT2D eigenvalue weighted by Crippen LogP contribution is -2.35. The highest BCUT2D eigenvalue weighted by molar-refractivity contribution is 5.47. The van der Waals surface area contributed by atoms with E-state index in [0.717, 1.165) is 5.82 Å². The second-order valence-corrected chi connectivity index (χ2v) is 5.71. The minimum absolute atomic E-state index is 0.561. The van der Waals surface area contributed by atoms with Gasteiger partial charge in [0.25, 0.3) is 0 Å². The van der Waals surface area contributed by atoms with Gasteiger partial charge in [-0.1, -0.05) is 25.8 Å². The molecule has 1 fully saturated rings. The number of hydrogen-bond acceptors (Lipinski definition) is 3. The molecule has 0 saturated carbocycles. The number of piperidine rings is 1. The molecule has 2 heterocycles. The van der Waals surface area contributed by atoms with Crippen molar-refractivity contribution in [3.8, 4) is 0 Å². The fraction of sp³-hybridized carbons (Fsp3) is 0.688. The molecule has 0 spiro atoms. The summed E-state index contributed by atoms with van der Waals surface area (Å²) in [7, 11) is 4.18. The van der Waals surface area contributed by atoms with E-state index in [2.05, 4.69) is 47.9 Å². The minimum atomic E-state index is 0.561. The highest BCUT2D eigenvalue weighted by Crippen LogP contribution is 2.34. The van der Waals surface area contributed by atoms with Crippen LogP contribution < -0.4 is 4.90 Å². The first-order chi connectivity index (χ1) is 9.24. The van der Waals surface area contributed by atoms with Crippen LogP contribution in [0.25, 0.3) is 0 Å². The van der Waals surface area contributed by atoms with Crippen LogP contribution >= 0.6 is 0 Å². The average molecular weight is 261 g/mol. The van der Waals surface area contributed by atoms with Crippen LogP contribution in [0.5, 0.6) is 0 Å². The molecule has 1 aliphatic heterocycles. The Morgan fingerprint density at radius 3 is 2.95 bits per heavy atom. The van der Waals surface area contributed by atoms with Gasteiger partial charge in [0.05, 0.1) is 0 Å². The molecule has 1 aromatic rings. The topological polar surface area (TPSA) is 19.4 Å². The van der Waals surface area contributed by atoms with Crippen LogP contribution in [0.3, 0.4) is 0 Å². The predicted molar refractivity (Wildman–Crippen MR) is 81.6 cm³/mol. The second-order valence-electron chi connectivity index (χ2n) is 5.71. The van der Waals surface area contributed by atoms with Gasteiger partial charge in [0, 0.05) is 31.9 Å². The molecule has 106 valence electrons. The number of pyridine rings is 1. The largest absolute Gasteiger partial charge is 0.362 e. The molecule has 0 aromatic carbocycles. The van der Waals surface area contributed by atoms with Gasteiger partial charge in [0.1, 0.15) is 5.82 Å². The molecule has 0 radical (unpaired) electrons. The standard InChI is InChI=1S/C16H27N3/c1-4-5-12-19-13-7-6-10-15(19)14-9-8-11-17-16(14)18(2)3/h8-9,11,15H,4-7,10,12-13H2,1-3H3/t15-/m1/s1. The first-order valence-electron chi connectivity index (χ1n) is 7.60. The molecule has 0 bridgehead atoms. The van der Waals surface area contributed by atoms with Gasteiger partial charge in [0.15, 0.2) is 0 Å². The highest BCUT2D eigenvalue weighted by atomic mass is 15.2. The van der Waals surface area contributed by atoms with E-state index in [1.807, 2.05) is 6.20 Å². The van der Waals surface area contributed by atoms with Crippen LogP contribution in [-0.4, -0.2) is 37.1 Å². The van der Waals surface area contributed by atoms with Gasteiger partial charge < -0.3 is 4.90 Å². The Bertz CT molecular complexity index is 389. The molecule has 19 heavy (non-hydrogen) atoms. The lowest BCUT2D eigenvalue weighted by atomic mass is 9.95. The molecule has 3 nitrogen and oxygen atoms in total. The van der Waals surface area contributed by atoms with E-state index >= 15 is 0 Å². The van der Waals surface area contributed by atoms with Gasteiger partial charge in [-0.15, -0.1) is 0 Å². The maximum atomic E-state index is 4.57. The Labute approximate surface area is 117 Å². The smallest absolute Gasteiger partial charge is 0.132 e. The fourth-order valence-corrected chi connectivity index (χ4v) is 3.02. The quantitative estimate of drug-likeness (QED) is 0.809. The molecule has 0 unspecified atom stereocenters. The third-order valence-electron chi connectivity index (χ3n) is 4.01. The van der Waals surface area contributed by atoms with Crippen molar-refractivity contribution in [3.05, 3.63) is 23.9 Å². The Morgan fingerprint density at radius 2 is 2.21 bits per heavy atom. The molecular weight excluding hydrogens is 234 g/mol. The van der Waals surface area contributed by atoms with E-state index in [0.29, 0.717) is 6.04 Å². The number of unbranched alkanes of at least 4 members (excludes halogenated alkanes) is 1. The summed E-state index contributed by atoms with van der Waals surface area (Å²) in [6, 6.07) is 4.90. The van der Waals surface area contributed by atoms with Gasteiger partial charge in [-0.2, -0.15) is 0 Å². The van der Waals surface area contributed by atoms with Crippen molar-refractivity contribution in [1.82, 2.24) is 9.88 Å². The third-order valence-corrected chi connectivity index (χ3v) is 4.01. The van der Waals surface area contributed by atoms with Crippen LogP contribution in [-0.2, 0) is 0 Å². The number of likely N-dealkylation sites (tertiary alicyclic amines) is 1. The summed E-state index contributed by atoms with van der Waals surface area (Å²) in [6.45, 7) is 4.74. The predicted octanol–water partition coefficient (Wildman–Crippen LogP) is 3.47. The van der Waals surface area contributed by atoms with Gasteiger partial charge >= 0.3 is 0 Å². The zero-order valence-corrected chi connectivity index (χ0v) is 12.6. The molecule has 1 saturated heterocycles. The summed E-state index contributed by atoms with van der Waals surface area (Å²) in [5.74, 6) is 1.14. The van der Waals surface area contributed by atoms with Gasteiger partial charge in [0.2, 0.25) is 0 Å². The third kappa shape index (κ3) is 3.47. The molecule has 3 heteroatoms. The van der Waals surface area contributed by atoms with E-state index in [9.17, 15) is 0 Å². The Morgan fingerprint density at radius 1 is 1.37 bits per heavy atom. The Balaban J connectivity index is 2.21. The SMILES string of the molecule is CCCCN1CCCC[C@@H]1c1cccnc1N(C)C. The second kappa shape index (κ2) is 6.90. The number of hydrogen-bond donors (Lipinski definition) is 0. The summed E-state index contributed by atoms with van der Waals surface area (Å²) in [6.07, 6.45) is 8.44. The number of nitrogens with zero attached hydrogens (tertiary/aromatic N) is 3. The summed E-state index contributed by atoms with van der Waals surface area (Å²) >= 11 is 0. The van der Waals surface area contributed by atoms with Crippen LogP contribution in [0.1, 0.15) is 50.6 Å². The summed E-state index contributed by atoms with van der Waals surface area (Å²) in [5.41, 5.74) is 1.41. The number of rotatable bonds is 5. The zero-order chi connectivity index (χ0) is 13.7. The molecule has 0 aliphatic carbocycles. The lowest BCUT2D eigenvalue weighted by Gasteiger charge is -2.37. The Kier molecular flexibility index (Phi) is 5.20. The van der Waals surface area contributed by atoms with Crippen molar-refractivity contribution in [2.24, 2.45) is 0 Å². The fourth-order valence-electron chi connectivity index (χ4n) is 3.02. The maximum Gasteiger partial charge on any atom is 0.132 e. The normalized spacial score (nSPS) is 20.5. The van der Waals surface area contributed by atoms with E-state index in [1.54, 1.807) is 0 Å². The van der Waals surface area contributed by atoms with E-state index in [1.165, 1.54) is 50.8 Å². The van der Waals surface area contributed by atoms with E-state index in [4.69, 9.17) is 0 Å².